The average molecular weight is 287 g/mol. The van der Waals surface area contributed by atoms with Crippen molar-refractivity contribution in [2.24, 2.45) is 0 Å². The summed E-state index contributed by atoms with van der Waals surface area (Å²) in [6, 6.07) is 7.23. The number of benzene rings is 1. The first-order valence-electron chi connectivity index (χ1n) is 6.82. The summed E-state index contributed by atoms with van der Waals surface area (Å²) in [5.41, 5.74) is 1.81. The van der Waals surface area contributed by atoms with Crippen molar-refractivity contribution in [3.8, 4) is 0 Å². The number of aryl methyl sites for hydroxylation is 1. The maximum atomic E-state index is 12.0. The van der Waals surface area contributed by atoms with Crippen molar-refractivity contribution in [2.45, 2.75) is 20.8 Å². The lowest BCUT2D eigenvalue weighted by Crippen LogP contribution is -2.16. The van der Waals surface area contributed by atoms with Crippen molar-refractivity contribution in [1.29, 1.82) is 0 Å². The van der Waals surface area contributed by atoms with Gasteiger partial charge in [-0.05, 0) is 39.0 Å². The minimum absolute atomic E-state index is 0.00773. The molecule has 0 atom stereocenters. The van der Waals surface area contributed by atoms with Gasteiger partial charge in [-0.25, -0.2) is 14.6 Å². The van der Waals surface area contributed by atoms with E-state index in [1.807, 2.05) is 25.1 Å². The second-order valence-electron chi connectivity index (χ2n) is 4.52. The summed E-state index contributed by atoms with van der Waals surface area (Å²) in [6.45, 7) is 5.80. The third-order valence-electron chi connectivity index (χ3n) is 2.93. The van der Waals surface area contributed by atoms with E-state index in [1.165, 1.54) is 0 Å². The number of nitrogens with zero attached hydrogens (tertiary/aromatic N) is 1. The Morgan fingerprint density at radius 1 is 1.05 bits per heavy atom. The highest BCUT2D eigenvalue weighted by molar-refractivity contribution is 6.04. The minimum Gasteiger partial charge on any atom is -0.462 e. The number of esters is 2. The molecule has 2 rings (SSSR count). The molecule has 0 amide bonds. The van der Waals surface area contributed by atoms with E-state index >= 15 is 0 Å². The molecule has 110 valence electrons. The number of carbonyl (C=O) groups is 2. The standard InChI is InChI=1S/C16H17NO4/c1-4-20-15(18)12-9-11-8-10(3)6-7-13(11)17-14(12)16(19)21-5-2/h6-9H,4-5H2,1-3H3. The van der Waals surface area contributed by atoms with Crippen LogP contribution in [0.15, 0.2) is 24.3 Å². The molecule has 2 aromatic rings. The Kier molecular flexibility index (Phi) is 4.52. The van der Waals surface area contributed by atoms with Crippen molar-refractivity contribution in [3.05, 3.63) is 41.1 Å². The van der Waals surface area contributed by atoms with Gasteiger partial charge in [0.15, 0.2) is 5.69 Å². The topological polar surface area (TPSA) is 65.5 Å². The molecule has 5 nitrogen and oxygen atoms in total. The molecule has 0 bridgehead atoms. The largest absolute Gasteiger partial charge is 0.462 e. The third kappa shape index (κ3) is 3.18. The molecule has 0 fully saturated rings. The molecule has 0 aliphatic rings. The lowest BCUT2D eigenvalue weighted by atomic mass is 10.1. The molecule has 21 heavy (non-hydrogen) atoms. The second-order valence-corrected chi connectivity index (χ2v) is 4.52. The highest BCUT2D eigenvalue weighted by Crippen LogP contribution is 2.20. The molecule has 0 aliphatic carbocycles. The fourth-order valence-corrected chi connectivity index (χ4v) is 2.02. The molecule has 1 aromatic heterocycles. The fourth-order valence-electron chi connectivity index (χ4n) is 2.02. The SMILES string of the molecule is CCOC(=O)c1cc2cc(C)ccc2nc1C(=O)OCC. The number of carbonyl (C=O) groups excluding carboxylic acids is 2. The Bertz CT molecular complexity index is 694. The van der Waals surface area contributed by atoms with Gasteiger partial charge in [0.2, 0.25) is 0 Å². The number of aromatic nitrogens is 1. The summed E-state index contributed by atoms with van der Waals surface area (Å²) in [6.07, 6.45) is 0. The molecule has 0 N–H and O–H groups in total. The highest BCUT2D eigenvalue weighted by Gasteiger charge is 2.22. The van der Waals surface area contributed by atoms with Crippen molar-refractivity contribution in [2.75, 3.05) is 13.2 Å². The first kappa shape index (κ1) is 15.0. The van der Waals surface area contributed by atoms with Crippen LogP contribution in [0.4, 0.5) is 0 Å². The Balaban J connectivity index is 2.62. The zero-order chi connectivity index (χ0) is 15.4. The molecule has 5 heteroatoms. The number of fused-ring (bicyclic) bond motifs is 1. The Hall–Kier alpha value is -2.43. The molecular formula is C16H17NO4. The molecule has 0 unspecified atom stereocenters. The van der Waals surface area contributed by atoms with Crippen molar-refractivity contribution in [3.63, 3.8) is 0 Å². The van der Waals surface area contributed by atoms with Crippen LogP contribution >= 0.6 is 0 Å². The number of ether oxygens (including phenoxy) is 2. The molecule has 0 radical (unpaired) electrons. The van der Waals surface area contributed by atoms with Gasteiger partial charge < -0.3 is 9.47 Å². The van der Waals surface area contributed by atoms with Crippen LogP contribution < -0.4 is 0 Å². The van der Waals surface area contributed by atoms with Crippen LogP contribution in [0.5, 0.6) is 0 Å². The van der Waals surface area contributed by atoms with Gasteiger partial charge >= 0.3 is 11.9 Å². The van der Waals surface area contributed by atoms with Crippen LogP contribution in [0.3, 0.4) is 0 Å². The van der Waals surface area contributed by atoms with E-state index in [1.54, 1.807) is 19.9 Å². The zero-order valence-electron chi connectivity index (χ0n) is 12.3. The van der Waals surface area contributed by atoms with E-state index in [0.717, 1.165) is 10.9 Å². The zero-order valence-corrected chi connectivity index (χ0v) is 12.3. The Morgan fingerprint density at radius 3 is 2.38 bits per heavy atom. The smallest absolute Gasteiger partial charge is 0.357 e. The molecule has 1 heterocycles. The summed E-state index contributed by atoms with van der Waals surface area (Å²) in [4.78, 5) is 28.3. The maximum absolute atomic E-state index is 12.0. The number of rotatable bonds is 4. The van der Waals surface area contributed by atoms with Gasteiger partial charge in [0.05, 0.1) is 24.3 Å². The van der Waals surface area contributed by atoms with Crippen LogP contribution in [0.1, 0.15) is 40.3 Å². The Morgan fingerprint density at radius 2 is 1.71 bits per heavy atom. The van der Waals surface area contributed by atoms with Crippen molar-refractivity contribution >= 4 is 22.8 Å². The van der Waals surface area contributed by atoms with E-state index in [2.05, 4.69) is 4.98 Å². The summed E-state index contributed by atoms with van der Waals surface area (Å²) in [5, 5.41) is 0.783. The molecule has 0 spiro atoms. The van der Waals surface area contributed by atoms with Crippen LogP contribution in [0.2, 0.25) is 0 Å². The first-order chi connectivity index (χ1) is 10.1. The van der Waals surface area contributed by atoms with E-state index in [4.69, 9.17) is 9.47 Å². The predicted octanol–water partition coefficient (Wildman–Crippen LogP) is 2.90. The van der Waals surface area contributed by atoms with E-state index in [9.17, 15) is 9.59 Å². The summed E-state index contributed by atoms with van der Waals surface area (Å²) in [5.74, 6) is -1.19. The lowest BCUT2D eigenvalue weighted by Gasteiger charge is -2.09. The van der Waals surface area contributed by atoms with Crippen molar-refractivity contribution < 1.29 is 19.1 Å². The van der Waals surface area contributed by atoms with Crippen LogP contribution in [0.25, 0.3) is 10.9 Å². The van der Waals surface area contributed by atoms with E-state index in [0.29, 0.717) is 5.52 Å². The molecule has 0 saturated heterocycles. The van der Waals surface area contributed by atoms with Crippen LogP contribution in [0, 0.1) is 6.92 Å². The monoisotopic (exact) mass is 287 g/mol. The van der Waals surface area contributed by atoms with E-state index < -0.39 is 11.9 Å². The number of hydrogen-bond donors (Lipinski definition) is 0. The third-order valence-corrected chi connectivity index (χ3v) is 2.93. The number of hydrogen-bond acceptors (Lipinski definition) is 5. The van der Waals surface area contributed by atoms with Crippen LogP contribution in [-0.2, 0) is 9.47 Å². The predicted molar refractivity (Wildman–Crippen MR) is 78.4 cm³/mol. The van der Waals surface area contributed by atoms with Gasteiger partial charge in [0.1, 0.15) is 0 Å². The second kappa shape index (κ2) is 6.35. The number of pyridine rings is 1. The van der Waals surface area contributed by atoms with Gasteiger partial charge in [-0.15, -0.1) is 0 Å². The van der Waals surface area contributed by atoms with Crippen molar-refractivity contribution in [1.82, 2.24) is 4.98 Å². The van der Waals surface area contributed by atoms with Gasteiger partial charge in [0, 0.05) is 5.39 Å². The molecular weight excluding hydrogens is 270 g/mol. The molecule has 0 aliphatic heterocycles. The summed E-state index contributed by atoms with van der Waals surface area (Å²) < 4.78 is 9.95. The summed E-state index contributed by atoms with van der Waals surface area (Å²) >= 11 is 0. The maximum Gasteiger partial charge on any atom is 0.357 e. The van der Waals surface area contributed by atoms with Gasteiger partial charge in [-0.2, -0.15) is 0 Å². The fraction of sp³-hybridized carbons (Fsp3) is 0.312. The van der Waals surface area contributed by atoms with Gasteiger partial charge in [-0.3, -0.25) is 0 Å². The van der Waals surface area contributed by atoms with E-state index in [-0.39, 0.29) is 24.5 Å². The van der Waals surface area contributed by atoms with Gasteiger partial charge in [-0.1, -0.05) is 11.6 Å². The lowest BCUT2D eigenvalue weighted by molar-refractivity contribution is 0.0474. The van der Waals surface area contributed by atoms with Gasteiger partial charge in [0.25, 0.3) is 0 Å². The van der Waals surface area contributed by atoms with Crippen LogP contribution in [-0.4, -0.2) is 30.1 Å². The molecule has 0 saturated carbocycles. The normalized spacial score (nSPS) is 10.4. The first-order valence-corrected chi connectivity index (χ1v) is 6.82. The minimum atomic E-state index is -0.622. The quantitative estimate of drug-likeness (QED) is 0.809. The highest BCUT2D eigenvalue weighted by atomic mass is 16.5. The molecule has 1 aromatic carbocycles. The summed E-state index contributed by atoms with van der Waals surface area (Å²) in [7, 11) is 0. The Labute approximate surface area is 122 Å². The average Bonchev–Trinajstić information content (AvgIpc) is 2.46.